The van der Waals surface area contributed by atoms with Gasteiger partial charge in [-0.1, -0.05) is 6.92 Å². The van der Waals surface area contributed by atoms with E-state index in [0.717, 1.165) is 29.9 Å². The average Bonchev–Trinajstić information content (AvgIpc) is 2.86. The summed E-state index contributed by atoms with van der Waals surface area (Å²) in [6.45, 7) is 6.54. The zero-order chi connectivity index (χ0) is 14.5. The smallest absolute Gasteiger partial charge is 0.132 e. The van der Waals surface area contributed by atoms with E-state index in [1.54, 1.807) is 0 Å². The summed E-state index contributed by atoms with van der Waals surface area (Å²) in [5, 5.41) is 3.22. The monoisotopic (exact) mass is 340 g/mol. The van der Waals surface area contributed by atoms with Crippen LogP contribution in [0, 0.1) is 0 Å². The Morgan fingerprint density at radius 2 is 2.35 bits per heavy atom. The van der Waals surface area contributed by atoms with Crippen molar-refractivity contribution in [2.45, 2.75) is 32.4 Å². The molecule has 0 radical (unpaired) electrons. The van der Waals surface area contributed by atoms with Crippen LogP contribution in [0.1, 0.15) is 25.3 Å². The lowest BCUT2D eigenvalue weighted by molar-refractivity contribution is 0.270. The van der Waals surface area contributed by atoms with Crippen LogP contribution in [0.2, 0.25) is 0 Å². The third-order valence-electron chi connectivity index (χ3n) is 4.03. The van der Waals surface area contributed by atoms with Gasteiger partial charge in [-0.2, -0.15) is 0 Å². The predicted octanol–water partition coefficient (Wildman–Crippen LogP) is 2.48. The first-order valence-electron chi connectivity index (χ1n) is 7.40. The Kier molecular flexibility index (Phi) is 5.81. The number of nitrogens with zero attached hydrogens (tertiary/aromatic N) is 3. The van der Waals surface area contributed by atoms with E-state index in [9.17, 15) is 0 Å². The number of likely N-dealkylation sites (tertiary alicyclic amines) is 1. The zero-order valence-corrected chi connectivity index (χ0v) is 14.3. The van der Waals surface area contributed by atoms with E-state index in [1.807, 2.05) is 13.2 Å². The molecular weight excluding hydrogens is 316 g/mol. The first-order chi connectivity index (χ1) is 9.65. The number of halogens is 1. The number of pyridine rings is 1. The summed E-state index contributed by atoms with van der Waals surface area (Å²) in [4.78, 5) is 9.49. The number of likely N-dealkylation sites (N-methyl/N-ethyl adjacent to an activating group) is 2. The van der Waals surface area contributed by atoms with Gasteiger partial charge < -0.3 is 10.2 Å². The molecule has 1 aliphatic rings. The van der Waals surface area contributed by atoms with E-state index in [1.165, 1.54) is 24.9 Å². The molecule has 112 valence electrons. The molecule has 0 aliphatic carbocycles. The Labute approximate surface area is 130 Å². The van der Waals surface area contributed by atoms with Gasteiger partial charge in [-0.15, -0.1) is 0 Å². The molecule has 2 heterocycles. The maximum Gasteiger partial charge on any atom is 0.132 e. The van der Waals surface area contributed by atoms with E-state index in [0.29, 0.717) is 6.04 Å². The molecule has 0 bridgehead atoms. The Bertz CT molecular complexity index is 438. The van der Waals surface area contributed by atoms with E-state index < -0.39 is 0 Å². The van der Waals surface area contributed by atoms with Crippen molar-refractivity contribution in [3.63, 3.8) is 0 Å². The van der Waals surface area contributed by atoms with Crippen LogP contribution in [-0.4, -0.2) is 49.7 Å². The molecular formula is C15H25BrN4. The summed E-state index contributed by atoms with van der Waals surface area (Å²) in [7, 11) is 4.13. The first kappa shape index (κ1) is 15.7. The molecule has 5 heteroatoms. The van der Waals surface area contributed by atoms with Crippen LogP contribution in [0.3, 0.4) is 0 Å². The van der Waals surface area contributed by atoms with Crippen LogP contribution < -0.4 is 10.2 Å². The van der Waals surface area contributed by atoms with Gasteiger partial charge in [-0.3, -0.25) is 4.90 Å². The number of anilines is 1. The largest absolute Gasteiger partial charge is 0.358 e. The molecule has 1 atom stereocenters. The number of aromatic nitrogens is 1. The highest BCUT2D eigenvalue weighted by Gasteiger charge is 2.25. The summed E-state index contributed by atoms with van der Waals surface area (Å²) in [6, 6.07) is 2.82. The Morgan fingerprint density at radius 3 is 3.05 bits per heavy atom. The molecule has 1 fully saturated rings. The first-order valence-corrected chi connectivity index (χ1v) is 8.19. The second-order valence-electron chi connectivity index (χ2n) is 5.47. The summed E-state index contributed by atoms with van der Waals surface area (Å²) in [6.07, 6.45) is 4.51. The maximum atomic E-state index is 4.61. The Hall–Kier alpha value is -0.650. The molecule has 1 unspecified atom stereocenters. The molecule has 0 saturated carbocycles. The lowest BCUT2D eigenvalue weighted by Crippen LogP contribution is -2.39. The van der Waals surface area contributed by atoms with Crippen molar-refractivity contribution >= 4 is 21.7 Å². The third kappa shape index (κ3) is 3.71. The lowest BCUT2D eigenvalue weighted by atomic mass is 10.2. The van der Waals surface area contributed by atoms with E-state index in [2.05, 4.69) is 56.1 Å². The Morgan fingerprint density at radius 1 is 1.55 bits per heavy atom. The van der Waals surface area contributed by atoms with Crippen molar-refractivity contribution in [1.29, 1.82) is 0 Å². The van der Waals surface area contributed by atoms with Gasteiger partial charge in [0.25, 0.3) is 0 Å². The van der Waals surface area contributed by atoms with E-state index >= 15 is 0 Å². The molecule has 1 aliphatic heterocycles. The number of hydrogen-bond acceptors (Lipinski definition) is 4. The molecule has 20 heavy (non-hydrogen) atoms. The highest BCUT2D eigenvalue weighted by molar-refractivity contribution is 9.10. The van der Waals surface area contributed by atoms with Crippen molar-refractivity contribution in [2.75, 3.05) is 38.6 Å². The number of hydrogen-bond donors (Lipinski definition) is 1. The van der Waals surface area contributed by atoms with Crippen LogP contribution in [0.25, 0.3) is 0 Å². The van der Waals surface area contributed by atoms with Crippen molar-refractivity contribution in [3.05, 3.63) is 22.3 Å². The molecule has 1 saturated heterocycles. The van der Waals surface area contributed by atoms with Crippen LogP contribution in [-0.2, 0) is 6.54 Å². The fourth-order valence-electron chi connectivity index (χ4n) is 3.06. The van der Waals surface area contributed by atoms with E-state index in [4.69, 9.17) is 0 Å². The van der Waals surface area contributed by atoms with Gasteiger partial charge in [-0.05, 0) is 55.0 Å². The summed E-state index contributed by atoms with van der Waals surface area (Å²) < 4.78 is 1.04. The fraction of sp³-hybridized carbons (Fsp3) is 0.667. The lowest BCUT2D eigenvalue weighted by Gasteiger charge is -2.29. The molecule has 4 nitrogen and oxygen atoms in total. The topological polar surface area (TPSA) is 31.4 Å². The van der Waals surface area contributed by atoms with Gasteiger partial charge in [0, 0.05) is 42.4 Å². The molecule has 2 rings (SSSR count). The second kappa shape index (κ2) is 7.38. The standard InChI is InChI=1S/C15H25BrN4/c1-4-20-7-5-6-14(20)11-19(3)15-12(9-17-2)8-13(16)10-18-15/h8,10,14,17H,4-7,9,11H2,1-3H3. The predicted molar refractivity (Wildman–Crippen MR) is 88.2 cm³/mol. The number of nitrogens with one attached hydrogen (secondary N) is 1. The van der Waals surface area contributed by atoms with Crippen LogP contribution in [0.5, 0.6) is 0 Å². The summed E-state index contributed by atoms with van der Waals surface area (Å²) >= 11 is 3.51. The van der Waals surface area contributed by atoms with Crippen molar-refractivity contribution < 1.29 is 0 Å². The molecule has 0 amide bonds. The van der Waals surface area contributed by atoms with Gasteiger partial charge >= 0.3 is 0 Å². The average molecular weight is 341 g/mol. The maximum absolute atomic E-state index is 4.61. The van der Waals surface area contributed by atoms with Gasteiger partial charge in [0.1, 0.15) is 5.82 Å². The van der Waals surface area contributed by atoms with Gasteiger partial charge in [-0.25, -0.2) is 4.98 Å². The highest BCUT2D eigenvalue weighted by Crippen LogP contribution is 2.23. The van der Waals surface area contributed by atoms with Crippen molar-refractivity contribution in [1.82, 2.24) is 15.2 Å². The quantitative estimate of drug-likeness (QED) is 0.861. The zero-order valence-electron chi connectivity index (χ0n) is 12.7. The minimum atomic E-state index is 0.665. The normalized spacial score (nSPS) is 19.5. The fourth-order valence-corrected chi connectivity index (χ4v) is 3.44. The van der Waals surface area contributed by atoms with Gasteiger partial charge in [0.05, 0.1) is 0 Å². The highest BCUT2D eigenvalue weighted by atomic mass is 79.9. The van der Waals surface area contributed by atoms with Crippen LogP contribution in [0.4, 0.5) is 5.82 Å². The van der Waals surface area contributed by atoms with E-state index in [-0.39, 0.29) is 0 Å². The van der Waals surface area contributed by atoms with Crippen LogP contribution >= 0.6 is 15.9 Å². The molecule has 1 aromatic heterocycles. The second-order valence-corrected chi connectivity index (χ2v) is 6.39. The molecule has 0 aromatic carbocycles. The Balaban J connectivity index is 2.10. The van der Waals surface area contributed by atoms with Gasteiger partial charge in [0.15, 0.2) is 0 Å². The SMILES string of the molecule is CCN1CCCC1CN(C)c1ncc(Br)cc1CNC. The minimum Gasteiger partial charge on any atom is -0.358 e. The summed E-state index contributed by atoms with van der Waals surface area (Å²) in [5.41, 5.74) is 1.24. The minimum absolute atomic E-state index is 0.665. The van der Waals surface area contributed by atoms with Crippen molar-refractivity contribution in [2.24, 2.45) is 0 Å². The van der Waals surface area contributed by atoms with Crippen LogP contribution in [0.15, 0.2) is 16.7 Å². The summed E-state index contributed by atoms with van der Waals surface area (Å²) in [5.74, 6) is 1.09. The van der Waals surface area contributed by atoms with Gasteiger partial charge in [0.2, 0.25) is 0 Å². The third-order valence-corrected chi connectivity index (χ3v) is 4.46. The van der Waals surface area contributed by atoms with Crippen molar-refractivity contribution in [3.8, 4) is 0 Å². The molecule has 1 N–H and O–H groups in total. The number of rotatable bonds is 6. The molecule has 0 spiro atoms. The molecule has 1 aromatic rings.